The Morgan fingerprint density at radius 1 is 1.12 bits per heavy atom. The molecule has 1 fully saturated rings. The Morgan fingerprint density at radius 3 is 2.51 bits per heavy atom. The number of aliphatic hydroxyl groups is 1. The van der Waals surface area contributed by atoms with Crippen molar-refractivity contribution in [1.82, 2.24) is 19.5 Å². The molecule has 2 aromatic heterocycles. The van der Waals surface area contributed by atoms with Crippen LogP contribution in [0.25, 0.3) is 11.2 Å². The molecule has 18 nitrogen and oxygen atoms in total. The number of fused-ring (bicyclic) bond motifs is 1. The van der Waals surface area contributed by atoms with Gasteiger partial charge in [-0.05, 0) is 12.1 Å². The van der Waals surface area contributed by atoms with Gasteiger partial charge in [0.25, 0.3) is 0 Å². The number of carbonyl (C=O) groups is 1. The van der Waals surface area contributed by atoms with Crippen LogP contribution in [0.5, 0.6) is 0 Å². The van der Waals surface area contributed by atoms with E-state index in [2.05, 4.69) is 20.3 Å². The average Bonchev–Trinajstić information content (AvgIpc) is 3.42. The Bertz CT molecular complexity index is 1580. The first-order chi connectivity index (χ1) is 19.1. The number of imidazole rings is 1. The van der Waals surface area contributed by atoms with Gasteiger partial charge < -0.3 is 49.7 Å². The lowest BCUT2D eigenvalue weighted by Crippen LogP contribution is -2.37. The smallest absolute Gasteiger partial charge is 0.340 e. The van der Waals surface area contributed by atoms with Crippen LogP contribution in [-0.4, -0.2) is 93.9 Å². The molecular formula is C20H27N6O12P3. The minimum atomic E-state index is -4.98. The first-order valence-corrected chi connectivity index (χ1v) is 17.3. The molecule has 1 aliphatic heterocycles. The molecular weight excluding hydrogens is 609 g/mol. The number of nitrogens with two attached hydrogens (primary N) is 1. The number of benzene rings is 1. The van der Waals surface area contributed by atoms with Crippen molar-refractivity contribution in [3.63, 3.8) is 0 Å². The number of ether oxygens (including phenoxy) is 2. The largest absolute Gasteiger partial charge is 0.451 e. The van der Waals surface area contributed by atoms with Gasteiger partial charge in [0.1, 0.15) is 35.9 Å². The standard InChI is InChI=1S/C20H27N6O12P3/c1-22-12-5-3-2-4-11(12)20(28)38-16-15(27)13(6-36-41(34,35)10-39(29,30)9-40(31,32)33)37-19(16)26-8-25-14-17(21)23-7-24-18(14)26/h2-5,7-8,13,15-16,19,22,27H,6,9-10H2,1H3,(H,29,30)(H,34,35)(H2,21,23,24)(H2,31,32,33)/t13-,15-,16-,19-/m1/s1. The molecule has 0 saturated carbocycles. The maximum absolute atomic E-state index is 13.1. The van der Waals surface area contributed by atoms with Crippen molar-refractivity contribution in [3.05, 3.63) is 42.5 Å². The molecule has 3 aromatic rings. The highest BCUT2D eigenvalue weighted by molar-refractivity contribution is 7.79. The van der Waals surface area contributed by atoms with Crippen molar-refractivity contribution in [2.75, 3.05) is 36.5 Å². The number of nitrogens with one attached hydrogen (secondary N) is 1. The van der Waals surface area contributed by atoms with Crippen LogP contribution in [0.15, 0.2) is 36.9 Å². The zero-order chi connectivity index (χ0) is 30.2. The highest BCUT2D eigenvalue weighted by Gasteiger charge is 2.49. The number of aliphatic hydroxyl groups excluding tert-OH is 1. The average molecular weight is 636 g/mol. The van der Waals surface area contributed by atoms with Crippen molar-refractivity contribution in [2.24, 2.45) is 0 Å². The van der Waals surface area contributed by atoms with E-state index in [1.54, 1.807) is 25.2 Å². The van der Waals surface area contributed by atoms with Gasteiger partial charge in [-0.25, -0.2) is 19.7 Å². The quantitative estimate of drug-likeness (QED) is 0.111. The topological polar surface area (TPSA) is 279 Å². The van der Waals surface area contributed by atoms with Crippen LogP contribution in [-0.2, 0) is 27.7 Å². The number of esters is 1. The van der Waals surface area contributed by atoms with Gasteiger partial charge in [0.15, 0.2) is 23.8 Å². The molecule has 0 radical (unpaired) electrons. The Labute approximate surface area is 231 Å². The molecule has 6 atom stereocenters. The van der Waals surface area contributed by atoms with Crippen LogP contribution in [0.3, 0.4) is 0 Å². The molecule has 8 N–H and O–H groups in total. The highest BCUT2D eigenvalue weighted by atomic mass is 31.3. The van der Waals surface area contributed by atoms with Crippen LogP contribution in [0.4, 0.5) is 11.5 Å². The molecule has 2 unspecified atom stereocenters. The fraction of sp³-hybridized carbons (Fsp3) is 0.400. The van der Waals surface area contributed by atoms with Crippen LogP contribution in [0.2, 0.25) is 0 Å². The van der Waals surface area contributed by atoms with Gasteiger partial charge >= 0.3 is 21.2 Å². The van der Waals surface area contributed by atoms with E-state index in [1.165, 1.54) is 17.0 Å². The summed E-state index contributed by atoms with van der Waals surface area (Å²) in [4.78, 5) is 63.0. The Hall–Kier alpha value is -2.75. The van der Waals surface area contributed by atoms with Gasteiger partial charge in [-0.2, -0.15) is 0 Å². The van der Waals surface area contributed by atoms with Crippen LogP contribution in [0, 0.1) is 0 Å². The first kappa shape index (κ1) is 31.2. The number of anilines is 2. The van der Waals surface area contributed by atoms with E-state index >= 15 is 0 Å². The lowest BCUT2D eigenvalue weighted by atomic mass is 10.1. The molecule has 3 heterocycles. The van der Waals surface area contributed by atoms with E-state index in [-0.39, 0.29) is 22.5 Å². The molecule has 1 aliphatic rings. The molecule has 1 aromatic carbocycles. The zero-order valence-corrected chi connectivity index (χ0v) is 23.9. The van der Waals surface area contributed by atoms with E-state index in [4.69, 9.17) is 29.5 Å². The Morgan fingerprint density at radius 2 is 1.83 bits per heavy atom. The summed E-state index contributed by atoms with van der Waals surface area (Å²) in [6.07, 6.45) is -3.46. The molecule has 0 amide bonds. The summed E-state index contributed by atoms with van der Waals surface area (Å²) in [5.41, 5.74) is 6.74. The van der Waals surface area contributed by atoms with Crippen molar-refractivity contribution in [3.8, 4) is 0 Å². The van der Waals surface area contributed by atoms with Crippen LogP contribution >= 0.6 is 22.6 Å². The predicted molar refractivity (Wildman–Crippen MR) is 142 cm³/mol. The van der Waals surface area contributed by atoms with E-state index in [9.17, 15) is 33.4 Å². The van der Waals surface area contributed by atoms with Crippen molar-refractivity contribution < 1.29 is 57.2 Å². The second-order valence-electron chi connectivity index (χ2n) is 9.03. The summed E-state index contributed by atoms with van der Waals surface area (Å²) in [6, 6.07) is 6.40. The first-order valence-electron chi connectivity index (χ1n) is 11.7. The lowest BCUT2D eigenvalue weighted by molar-refractivity contribution is -0.0545. The van der Waals surface area contributed by atoms with E-state index < -0.39 is 71.5 Å². The second-order valence-corrected chi connectivity index (χ2v) is 15.8. The van der Waals surface area contributed by atoms with E-state index in [1.807, 2.05) is 0 Å². The summed E-state index contributed by atoms with van der Waals surface area (Å²) in [6.45, 7) is -0.841. The van der Waals surface area contributed by atoms with Gasteiger partial charge in [-0.15, -0.1) is 0 Å². The van der Waals surface area contributed by atoms with Gasteiger partial charge in [-0.1, -0.05) is 12.1 Å². The maximum atomic E-state index is 13.1. The summed E-state index contributed by atoms with van der Waals surface area (Å²) in [5.74, 6) is -3.80. The third-order valence-electron chi connectivity index (χ3n) is 5.88. The van der Waals surface area contributed by atoms with Gasteiger partial charge in [0.2, 0.25) is 7.37 Å². The third kappa shape index (κ3) is 7.37. The number of rotatable bonds is 11. The normalized spacial score (nSPS) is 24.0. The summed E-state index contributed by atoms with van der Waals surface area (Å²) < 4.78 is 53.4. The second kappa shape index (κ2) is 11.9. The van der Waals surface area contributed by atoms with E-state index in [0.29, 0.717) is 5.69 Å². The van der Waals surface area contributed by atoms with Gasteiger partial charge in [0, 0.05) is 12.7 Å². The number of nitrogens with zero attached hydrogens (tertiary/aromatic N) is 4. The summed E-state index contributed by atoms with van der Waals surface area (Å²) >= 11 is 0. The lowest BCUT2D eigenvalue weighted by Gasteiger charge is -2.22. The number of nitrogen functional groups attached to an aromatic ring is 1. The molecule has 41 heavy (non-hydrogen) atoms. The number of hydrogen-bond acceptors (Lipinski definition) is 13. The maximum Gasteiger partial charge on any atom is 0.340 e. The Kier molecular flexibility index (Phi) is 9.02. The minimum Gasteiger partial charge on any atom is -0.451 e. The fourth-order valence-corrected chi connectivity index (χ4v) is 10.6. The van der Waals surface area contributed by atoms with Crippen molar-refractivity contribution in [1.29, 1.82) is 0 Å². The number of aromatic nitrogens is 4. The van der Waals surface area contributed by atoms with Crippen molar-refractivity contribution in [2.45, 2.75) is 24.5 Å². The number of hydrogen-bond donors (Lipinski definition) is 7. The molecule has 0 bridgehead atoms. The SMILES string of the molecule is CNc1ccccc1C(=O)O[C@@H]1[C@H](O)[C@@H](COP(=O)(O)CP(=O)(O)CP(=O)(O)O)O[C@H]1n1cnc2c(N)ncnc21. The molecule has 0 aliphatic carbocycles. The molecule has 0 spiro atoms. The fourth-order valence-electron chi connectivity index (χ4n) is 4.17. The molecule has 4 rings (SSSR count). The van der Waals surface area contributed by atoms with Gasteiger partial charge in [0.05, 0.1) is 18.5 Å². The third-order valence-corrected chi connectivity index (χ3v) is 12.9. The van der Waals surface area contributed by atoms with Crippen molar-refractivity contribution >= 4 is 51.2 Å². The highest BCUT2D eigenvalue weighted by Crippen LogP contribution is 2.63. The van der Waals surface area contributed by atoms with Gasteiger partial charge in [-0.3, -0.25) is 18.3 Å². The van der Waals surface area contributed by atoms with Crippen LogP contribution < -0.4 is 11.1 Å². The molecule has 1 saturated heterocycles. The van der Waals surface area contributed by atoms with Crippen LogP contribution in [0.1, 0.15) is 16.6 Å². The predicted octanol–water partition coefficient (Wildman–Crippen LogP) is 0.499. The number of carbonyl (C=O) groups excluding carboxylic acids is 1. The summed E-state index contributed by atoms with van der Waals surface area (Å²) in [7, 11) is -13.1. The zero-order valence-electron chi connectivity index (χ0n) is 21.2. The molecule has 21 heteroatoms. The van der Waals surface area contributed by atoms with E-state index in [0.717, 1.165) is 6.33 Å². The molecule has 224 valence electrons. The minimum absolute atomic E-state index is 0.0358. The summed E-state index contributed by atoms with van der Waals surface area (Å²) in [5, 5.41) is 13.9. The monoisotopic (exact) mass is 636 g/mol. The Balaban J connectivity index is 1.59. The number of para-hydroxylation sites is 1.